The van der Waals surface area contributed by atoms with Crippen LogP contribution in [0.3, 0.4) is 0 Å². The normalized spacial score (nSPS) is 10.4. The number of aromatic nitrogens is 2. The van der Waals surface area contributed by atoms with Gasteiger partial charge in [0.1, 0.15) is 17.0 Å². The molecule has 2 N–H and O–H groups in total. The zero-order valence-electron chi connectivity index (χ0n) is 15.6. The Morgan fingerprint density at radius 3 is 2.52 bits per heavy atom. The van der Waals surface area contributed by atoms with Crippen molar-refractivity contribution in [3.05, 3.63) is 46.2 Å². The fraction of sp³-hybridized carbons (Fsp3) is 0.316. The summed E-state index contributed by atoms with van der Waals surface area (Å²) in [6, 6.07) is 7.33. The van der Waals surface area contributed by atoms with Gasteiger partial charge in [0, 0.05) is 30.1 Å². The molecule has 7 nitrogen and oxygen atoms in total. The van der Waals surface area contributed by atoms with E-state index in [0.29, 0.717) is 27.9 Å². The van der Waals surface area contributed by atoms with E-state index in [1.54, 1.807) is 20.0 Å². The molecule has 0 aliphatic carbocycles. The first-order valence-corrected chi connectivity index (χ1v) is 8.91. The van der Waals surface area contributed by atoms with Crippen molar-refractivity contribution in [3.8, 4) is 0 Å². The molecule has 0 amide bonds. The quantitative estimate of drug-likeness (QED) is 0.473. The number of anilines is 1. The number of rotatable bonds is 7. The van der Waals surface area contributed by atoms with Crippen molar-refractivity contribution >= 4 is 41.0 Å². The predicted octanol–water partition coefficient (Wildman–Crippen LogP) is 3.55. The van der Waals surface area contributed by atoms with E-state index in [4.69, 9.17) is 16.1 Å². The van der Waals surface area contributed by atoms with E-state index in [0.717, 1.165) is 43.0 Å². The maximum atomic E-state index is 11.1. The topological polar surface area (TPSA) is 89.2 Å². The number of halogens is 1. The minimum atomic E-state index is 0.522. The summed E-state index contributed by atoms with van der Waals surface area (Å²) in [4.78, 5) is 21.9. The van der Waals surface area contributed by atoms with Crippen molar-refractivity contribution in [3.63, 3.8) is 0 Å². The van der Waals surface area contributed by atoms with Crippen LogP contribution < -0.4 is 10.6 Å². The summed E-state index contributed by atoms with van der Waals surface area (Å²) in [6.45, 7) is 3.44. The SMILES string of the molecule is CNCCCn1c(C=O)cc2ccc(C=O)cc21.CNc1onc(C)c1Cl. The lowest BCUT2D eigenvalue weighted by Gasteiger charge is -2.07. The zero-order chi connectivity index (χ0) is 19.8. The highest BCUT2D eigenvalue weighted by Crippen LogP contribution is 2.23. The lowest BCUT2D eigenvalue weighted by molar-refractivity contribution is 0.111. The lowest BCUT2D eigenvalue weighted by Crippen LogP contribution is -2.12. The molecule has 3 rings (SSSR count). The molecule has 2 heterocycles. The average Bonchev–Trinajstić information content (AvgIpc) is 3.21. The monoisotopic (exact) mass is 390 g/mol. The van der Waals surface area contributed by atoms with Gasteiger partial charge in [-0.25, -0.2) is 0 Å². The number of nitrogens with one attached hydrogen (secondary N) is 2. The van der Waals surface area contributed by atoms with Crippen LogP contribution in [-0.4, -0.2) is 42.9 Å². The molecule has 3 aromatic rings. The van der Waals surface area contributed by atoms with Crippen LogP contribution >= 0.6 is 11.6 Å². The van der Waals surface area contributed by atoms with E-state index in [2.05, 4.69) is 15.8 Å². The van der Waals surface area contributed by atoms with E-state index in [9.17, 15) is 9.59 Å². The molecule has 0 radical (unpaired) electrons. The first-order valence-electron chi connectivity index (χ1n) is 8.53. The third-order valence-corrected chi connectivity index (χ3v) is 4.49. The highest BCUT2D eigenvalue weighted by molar-refractivity contribution is 6.33. The number of carbonyl (C=O) groups excluding carboxylic acids is 2. The minimum absolute atomic E-state index is 0.522. The maximum Gasteiger partial charge on any atom is 0.243 e. The molecule has 27 heavy (non-hydrogen) atoms. The third-order valence-electron chi connectivity index (χ3n) is 4.04. The Hall–Kier alpha value is -2.64. The number of aryl methyl sites for hydroxylation is 2. The van der Waals surface area contributed by atoms with Gasteiger partial charge in [-0.1, -0.05) is 28.9 Å². The summed E-state index contributed by atoms with van der Waals surface area (Å²) in [6.07, 6.45) is 2.62. The van der Waals surface area contributed by atoms with E-state index < -0.39 is 0 Å². The average molecular weight is 391 g/mol. The van der Waals surface area contributed by atoms with Crippen LogP contribution in [-0.2, 0) is 6.54 Å². The molecule has 0 aliphatic heterocycles. The number of nitrogens with zero attached hydrogens (tertiary/aromatic N) is 2. The largest absolute Gasteiger partial charge is 0.356 e. The van der Waals surface area contributed by atoms with Crippen LogP contribution in [0.25, 0.3) is 10.9 Å². The van der Waals surface area contributed by atoms with Crippen molar-refractivity contribution < 1.29 is 14.1 Å². The fourth-order valence-electron chi connectivity index (χ4n) is 2.64. The predicted molar refractivity (Wildman–Crippen MR) is 107 cm³/mol. The van der Waals surface area contributed by atoms with Gasteiger partial charge in [-0.15, -0.1) is 0 Å². The van der Waals surface area contributed by atoms with Gasteiger partial charge in [0.15, 0.2) is 6.29 Å². The van der Waals surface area contributed by atoms with Gasteiger partial charge < -0.3 is 19.7 Å². The molecule has 144 valence electrons. The summed E-state index contributed by atoms with van der Waals surface area (Å²) in [5.74, 6) is 0.522. The molecule has 0 unspecified atom stereocenters. The van der Waals surface area contributed by atoms with E-state index in [1.165, 1.54) is 0 Å². The lowest BCUT2D eigenvalue weighted by atomic mass is 10.2. The molecule has 0 saturated heterocycles. The molecule has 0 bridgehead atoms. The van der Waals surface area contributed by atoms with Gasteiger partial charge in [-0.2, -0.15) is 0 Å². The Morgan fingerprint density at radius 2 is 2.00 bits per heavy atom. The molecule has 0 aliphatic rings. The Kier molecular flexibility index (Phi) is 7.57. The van der Waals surface area contributed by atoms with Gasteiger partial charge in [0.25, 0.3) is 0 Å². The van der Waals surface area contributed by atoms with Crippen molar-refractivity contribution in [2.75, 3.05) is 26.0 Å². The summed E-state index contributed by atoms with van der Waals surface area (Å²) >= 11 is 5.69. The first kappa shape index (κ1) is 20.7. The van der Waals surface area contributed by atoms with Gasteiger partial charge in [-0.05, 0) is 39.1 Å². The Labute approximate surface area is 162 Å². The molecular formula is C19H23ClN4O3. The smallest absolute Gasteiger partial charge is 0.243 e. The molecule has 0 fully saturated rings. The second-order valence-corrected chi connectivity index (χ2v) is 6.27. The van der Waals surface area contributed by atoms with Gasteiger partial charge in [-0.3, -0.25) is 9.59 Å². The van der Waals surface area contributed by atoms with Crippen molar-refractivity contribution in [1.82, 2.24) is 15.0 Å². The van der Waals surface area contributed by atoms with E-state index in [-0.39, 0.29) is 0 Å². The molecule has 0 spiro atoms. The number of hydrogen-bond donors (Lipinski definition) is 2. The highest BCUT2D eigenvalue weighted by Gasteiger charge is 2.08. The number of benzene rings is 1. The molecule has 0 atom stereocenters. The highest BCUT2D eigenvalue weighted by atomic mass is 35.5. The van der Waals surface area contributed by atoms with Crippen LogP contribution in [0.5, 0.6) is 0 Å². The van der Waals surface area contributed by atoms with E-state index >= 15 is 0 Å². The Bertz CT molecular complexity index is 917. The number of hydrogen-bond acceptors (Lipinski definition) is 6. The third kappa shape index (κ3) is 4.96. The van der Waals surface area contributed by atoms with Gasteiger partial charge in [0.05, 0.1) is 5.69 Å². The summed E-state index contributed by atoms with van der Waals surface area (Å²) in [5.41, 5.74) is 2.94. The number of aldehydes is 2. The summed E-state index contributed by atoms with van der Waals surface area (Å²) < 4.78 is 6.72. The van der Waals surface area contributed by atoms with Gasteiger partial charge in [0.2, 0.25) is 5.88 Å². The Balaban J connectivity index is 0.000000244. The summed E-state index contributed by atoms with van der Waals surface area (Å²) in [7, 11) is 3.63. The number of fused-ring (bicyclic) bond motifs is 1. The van der Waals surface area contributed by atoms with Crippen molar-refractivity contribution in [2.45, 2.75) is 19.9 Å². The Morgan fingerprint density at radius 1 is 1.22 bits per heavy atom. The minimum Gasteiger partial charge on any atom is -0.356 e. The van der Waals surface area contributed by atoms with Crippen LogP contribution in [0.15, 0.2) is 28.8 Å². The fourth-order valence-corrected chi connectivity index (χ4v) is 2.80. The molecular weight excluding hydrogens is 368 g/mol. The first-order chi connectivity index (χ1) is 13.0. The van der Waals surface area contributed by atoms with Crippen LogP contribution in [0.2, 0.25) is 5.02 Å². The summed E-state index contributed by atoms with van der Waals surface area (Å²) in [5, 5.41) is 11.0. The molecule has 0 saturated carbocycles. The standard InChI is InChI=1S/C14H16N2O2.C5H7ClN2O/c1-15-5-2-6-16-13(10-18)8-12-4-3-11(9-17)7-14(12)16;1-3-4(6)5(7-2)9-8-3/h3-4,7-10,15H,2,5-6H2,1H3;7H,1-2H3. The maximum absolute atomic E-state index is 11.1. The van der Waals surface area contributed by atoms with E-state index in [1.807, 2.05) is 29.8 Å². The second-order valence-electron chi connectivity index (χ2n) is 5.89. The zero-order valence-corrected chi connectivity index (χ0v) is 16.3. The number of carbonyl (C=O) groups is 2. The molecule has 2 aromatic heterocycles. The van der Waals surface area contributed by atoms with Crippen molar-refractivity contribution in [1.29, 1.82) is 0 Å². The van der Waals surface area contributed by atoms with Crippen molar-refractivity contribution in [2.24, 2.45) is 0 Å². The van der Waals surface area contributed by atoms with Crippen LogP contribution in [0.4, 0.5) is 5.88 Å². The van der Waals surface area contributed by atoms with Crippen LogP contribution in [0.1, 0.15) is 33.0 Å². The van der Waals surface area contributed by atoms with Gasteiger partial charge >= 0.3 is 0 Å². The molecule has 1 aromatic carbocycles. The van der Waals surface area contributed by atoms with Crippen LogP contribution in [0, 0.1) is 6.92 Å². The second kappa shape index (κ2) is 9.89. The molecule has 8 heteroatoms.